The summed E-state index contributed by atoms with van der Waals surface area (Å²) in [6.45, 7) is 6.47. The maximum Gasteiger partial charge on any atom is 0.168 e. The fourth-order valence-electron chi connectivity index (χ4n) is 2.25. The molecular formula is C14H23NO3. The fraction of sp³-hybridized carbons (Fsp3) is 0.714. The number of rotatable bonds is 5. The van der Waals surface area contributed by atoms with Crippen LogP contribution in [0.5, 0.6) is 0 Å². The molecule has 0 aromatic carbocycles. The van der Waals surface area contributed by atoms with Crippen LogP contribution in [0, 0.1) is 5.41 Å². The molecule has 102 valence electrons. The Morgan fingerprint density at radius 2 is 2.00 bits per heavy atom. The van der Waals surface area contributed by atoms with E-state index in [4.69, 9.17) is 5.11 Å². The smallest absolute Gasteiger partial charge is 0.168 e. The zero-order chi connectivity index (χ0) is 13.8. The molecule has 4 nitrogen and oxygen atoms in total. The highest BCUT2D eigenvalue weighted by atomic mass is 16.3. The summed E-state index contributed by atoms with van der Waals surface area (Å²) >= 11 is 0. The Labute approximate surface area is 108 Å². The van der Waals surface area contributed by atoms with Gasteiger partial charge < -0.3 is 10.2 Å². The van der Waals surface area contributed by atoms with Gasteiger partial charge in [0.05, 0.1) is 5.57 Å². The van der Waals surface area contributed by atoms with Gasteiger partial charge in [-0.1, -0.05) is 13.8 Å². The number of Topliss-reactive ketones (excluding diaryl/α,β-unsaturated/α-hetero) is 1. The number of ketones is 1. The molecule has 0 unspecified atom stereocenters. The molecule has 4 heteroatoms. The molecule has 1 rings (SSSR count). The highest BCUT2D eigenvalue weighted by Gasteiger charge is 2.33. The predicted molar refractivity (Wildman–Crippen MR) is 72.0 cm³/mol. The van der Waals surface area contributed by atoms with Gasteiger partial charge in [-0.15, -0.1) is 0 Å². The van der Waals surface area contributed by atoms with E-state index in [1.165, 1.54) is 0 Å². The molecule has 0 bridgehead atoms. The summed E-state index contributed by atoms with van der Waals surface area (Å²) in [5.41, 5.74) is 0.853. The van der Waals surface area contributed by atoms with E-state index < -0.39 is 0 Å². The molecule has 2 N–H and O–H groups in total. The van der Waals surface area contributed by atoms with Gasteiger partial charge in [0.2, 0.25) is 0 Å². The molecule has 0 aliphatic heterocycles. The molecule has 0 aromatic rings. The molecule has 0 saturated carbocycles. The van der Waals surface area contributed by atoms with Gasteiger partial charge in [-0.2, -0.15) is 0 Å². The molecule has 0 saturated heterocycles. The van der Waals surface area contributed by atoms with E-state index in [2.05, 4.69) is 4.99 Å². The average Bonchev–Trinajstić information content (AvgIpc) is 2.21. The minimum atomic E-state index is -0.165. The number of aliphatic imine (C=N–C) groups is 1. The van der Waals surface area contributed by atoms with Crippen molar-refractivity contribution in [2.75, 3.05) is 13.2 Å². The van der Waals surface area contributed by atoms with Crippen molar-refractivity contribution in [2.45, 2.75) is 46.5 Å². The number of hydrogen-bond acceptors (Lipinski definition) is 4. The molecule has 0 fully saturated rings. The Morgan fingerprint density at radius 3 is 2.56 bits per heavy atom. The second kappa shape index (κ2) is 6.14. The highest BCUT2D eigenvalue weighted by Crippen LogP contribution is 2.36. The van der Waals surface area contributed by atoms with Gasteiger partial charge >= 0.3 is 0 Å². The number of nitrogens with zero attached hydrogens (tertiary/aromatic N) is 1. The third-order valence-corrected chi connectivity index (χ3v) is 3.13. The minimum Gasteiger partial charge on any atom is -0.511 e. The molecule has 1 aliphatic rings. The van der Waals surface area contributed by atoms with E-state index in [9.17, 15) is 9.90 Å². The van der Waals surface area contributed by atoms with E-state index in [1.807, 2.05) is 13.8 Å². The van der Waals surface area contributed by atoms with Gasteiger partial charge in [-0.3, -0.25) is 9.79 Å². The van der Waals surface area contributed by atoms with Crippen molar-refractivity contribution in [1.29, 1.82) is 0 Å². The summed E-state index contributed by atoms with van der Waals surface area (Å²) in [6, 6.07) is 0. The molecule has 1 aliphatic carbocycles. The maximum atomic E-state index is 12.0. The van der Waals surface area contributed by atoms with Gasteiger partial charge in [0.1, 0.15) is 5.76 Å². The zero-order valence-electron chi connectivity index (χ0n) is 11.5. The summed E-state index contributed by atoms with van der Waals surface area (Å²) in [7, 11) is 0. The number of aliphatic hydroxyl groups is 2. The van der Waals surface area contributed by atoms with Crippen molar-refractivity contribution < 1.29 is 15.0 Å². The number of carbonyl (C=O) groups is 1. The first kappa shape index (κ1) is 14.9. The fourth-order valence-corrected chi connectivity index (χ4v) is 2.25. The Kier molecular flexibility index (Phi) is 5.08. The Balaban J connectivity index is 2.78. The molecule has 0 heterocycles. The van der Waals surface area contributed by atoms with E-state index >= 15 is 0 Å². The zero-order valence-corrected chi connectivity index (χ0v) is 11.5. The summed E-state index contributed by atoms with van der Waals surface area (Å²) in [6.07, 6.45) is 2.48. The monoisotopic (exact) mass is 253 g/mol. The molecule has 0 amide bonds. The maximum absolute atomic E-state index is 12.0. The van der Waals surface area contributed by atoms with Crippen molar-refractivity contribution in [2.24, 2.45) is 10.4 Å². The minimum absolute atomic E-state index is 0.0211. The standard InChI is InChI=1S/C14H23NO3/c1-10(15-6-4-5-7-16)13-11(17)8-14(2,3)9-12(13)18/h16-17H,4-9H2,1-3H3. The first-order valence-corrected chi connectivity index (χ1v) is 6.45. The van der Waals surface area contributed by atoms with Gasteiger partial charge in [-0.25, -0.2) is 0 Å². The summed E-state index contributed by atoms with van der Waals surface area (Å²) in [5, 5.41) is 18.7. The Hall–Kier alpha value is -1.16. The van der Waals surface area contributed by atoms with Crippen molar-refractivity contribution in [3.05, 3.63) is 11.3 Å². The molecule has 18 heavy (non-hydrogen) atoms. The molecule has 0 spiro atoms. The van der Waals surface area contributed by atoms with Crippen LogP contribution in [0.15, 0.2) is 16.3 Å². The lowest BCUT2D eigenvalue weighted by molar-refractivity contribution is -0.117. The quantitative estimate of drug-likeness (QED) is 0.584. The van der Waals surface area contributed by atoms with Crippen LogP contribution in [0.3, 0.4) is 0 Å². The van der Waals surface area contributed by atoms with Crippen molar-refractivity contribution in [3.8, 4) is 0 Å². The van der Waals surface area contributed by atoms with Crippen LogP contribution in [0.1, 0.15) is 46.5 Å². The van der Waals surface area contributed by atoms with E-state index in [0.29, 0.717) is 37.1 Å². The summed E-state index contributed by atoms with van der Waals surface area (Å²) in [5.74, 6) is 0.145. The van der Waals surface area contributed by atoms with Crippen LogP contribution >= 0.6 is 0 Å². The van der Waals surface area contributed by atoms with Crippen molar-refractivity contribution in [3.63, 3.8) is 0 Å². The third-order valence-electron chi connectivity index (χ3n) is 3.13. The van der Waals surface area contributed by atoms with Gasteiger partial charge in [0.15, 0.2) is 5.78 Å². The highest BCUT2D eigenvalue weighted by molar-refractivity contribution is 6.22. The molecule has 0 radical (unpaired) electrons. The number of unbranched alkanes of at least 4 members (excludes halogenated alkanes) is 1. The van der Waals surface area contributed by atoms with Crippen LogP contribution in [-0.4, -0.2) is 34.9 Å². The van der Waals surface area contributed by atoms with Crippen LogP contribution in [0.2, 0.25) is 0 Å². The lowest BCUT2D eigenvalue weighted by Gasteiger charge is -2.29. The normalized spacial score (nSPS) is 20.4. The first-order chi connectivity index (χ1) is 8.37. The molecular weight excluding hydrogens is 230 g/mol. The van der Waals surface area contributed by atoms with Crippen LogP contribution in [0.25, 0.3) is 0 Å². The van der Waals surface area contributed by atoms with Crippen LogP contribution in [-0.2, 0) is 4.79 Å². The second-order valence-electron chi connectivity index (χ2n) is 5.66. The van der Waals surface area contributed by atoms with Gasteiger partial charge in [-0.05, 0) is 25.2 Å². The summed E-state index contributed by atoms with van der Waals surface area (Å²) < 4.78 is 0. The topological polar surface area (TPSA) is 69.9 Å². The number of hydrogen-bond donors (Lipinski definition) is 2. The molecule has 0 atom stereocenters. The SMILES string of the molecule is CC(=NCCCCO)C1=C(O)CC(C)(C)CC1=O. The number of carbonyl (C=O) groups excluding carboxylic acids is 1. The van der Waals surface area contributed by atoms with Crippen LogP contribution in [0.4, 0.5) is 0 Å². The third kappa shape index (κ3) is 3.95. The van der Waals surface area contributed by atoms with E-state index in [1.54, 1.807) is 6.92 Å². The number of aliphatic hydroxyl groups excluding tert-OH is 2. The van der Waals surface area contributed by atoms with Gasteiger partial charge in [0, 0.05) is 31.7 Å². The first-order valence-electron chi connectivity index (χ1n) is 6.45. The lowest BCUT2D eigenvalue weighted by Crippen LogP contribution is -2.28. The lowest BCUT2D eigenvalue weighted by atomic mass is 9.76. The van der Waals surface area contributed by atoms with E-state index in [-0.39, 0.29) is 23.6 Å². The van der Waals surface area contributed by atoms with Gasteiger partial charge in [0.25, 0.3) is 0 Å². The Morgan fingerprint density at radius 1 is 1.33 bits per heavy atom. The number of allylic oxidation sites excluding steroid dienone is 2. The average molecular weight is 253 g/mol. The Bertz CT molecular complexity index is 381. The largest absolute Gasteiger partial charge is 0.511 e. The van der Waals surface area contributed by atoms with E-state index in [0.717, 1.165) is 6.42 Å². The van der Waals surface area contributed by atoms with Crippen LogP contribution < -0.4 is 0 Å². The second-order valence-corrected chi connectivity index (χ2v) is 5.66. The summed E-state index contributed by atoms with van der Waals surface area (Å²) in [4.78, 5) is 16.3. The van der Waals surface area contributed by atoms with Crippen molar-refractivity contribution in [1.82, 2.24) is 0 Å². The molecule has 0 aromatic heterocycles. The predicted octanol–water partition coefficient (Wildman–Crippen LogP) is 2.42. The van der Waals surface area contributed by atoms with Crippen molar-refractivity contribution >= 4 is 11.5 Å².